The van der Waals surface area contributed by atoms with Gasteiger partial charge in [-0.1, -0.05) is 27.2 Å². The molecule has 0 aliphatic rings. The number of aromatic nitrogens is 1. The maximum absolute atomic E-state index is 12.2. The second-order valence-electron chi connectivity index (χ2n) is 4.12. The lowest BCUT2D eigenvalue weighted by Crippen LogP contribution is -2.30. The lowest BCUT2D eigenvalue weighted by Gasteiger charge is -2.18. The summed E-state index contributed by atoms with van der Waals surface area (Å²) in [4.78, 5) is 4.50. The minimum Gasteiger partial charge on any atom is -0.249 e. The van der Waals surface area contributed by atoms with E-state index in [1.807, 2.05) is 13.8 Å². The van der Waals surface area contributed by atoms with Gasteiger partial charge >= 0.3 is 0 Å². The van der Waals surface area contributed by atoms with Gasteiger partial charge in [-0.05, 0) is 24.3 Å². The van der Waals surface area contributed by atoms with Crippen LogP contribution in [0.3, 0.4) is 0 Å². The Morgan fingerprint density at radius 1 is 1.21 bits per heavy atom. The van der Waals surface area contributed by atoms with Crippen LogP contribution in [0.4, 0.5) is 0 Å². The van der Waals surface area contributed by atoms with E-state index in [4.69, 9.17) is 0 Å². The van der Waals surface area contributed by atoms with Crippen molar-refractivity contribution >= 4 is 21.8 Å². The van der Waals surface area contributed by atoms with Crippen LogP contribution in [-0.4, -0.2) is 36.5 Å². The van der Waals surface area contributed by atoms with Gasteiger partial charge in [0.2, 0.25) is 10.0 Å². The molecule has 1 rings (SSSR count). The van der Waals surface area contributed by atoms with Crippen LogP contribution in [0.15, 0.2) is 28.3 Å². The quantitative estimate of drug-likeness (QED) is 0.547. The molecule has 0 aliphatic heterocycles. The summed E-state index contributed by atoms with van der Waals surface area (Å²) in [5, 5.41) is 0.881. The molecule has 0 fully saturated rings. The number of hydrogen-bond donors (Lipinski definition) is 0. The molecule has 0 spiro atoms. The predicted octanol–water partition coefficient (Wildman–Crippen LogP) is 3.00. The summed E-state index contributed by atoms with van der Waals surface area (Å²) in [6.45, 7) is 6.78. The molecule has 0 aromatic carbocycles. The van der Waals surface area contributed by atoms with Gasteiger partial charge in [0, 0.05) is 19.3 Å². The van der Waals surface area contributed by atoms with Crippen LogP contribution in [0, 0.1) is 0 Å². The van der Waals surface area contributed by atoms with Crippen LogP contribution >= 0.6 is 11.8 Å². The Balaban J connectivity index is 2.80. The fraction of sp³-hybridized carbons (Fsp3) is 0.615. The van der Waals surface area contributed by atoms with E-state index < -0.39 is 10.0 Å². The first-order valence-corrected chi connectivity index (χ1v) is 9.07. The van der Waals surface area contributed by atoms with Gasteiger partial charge in [0.05, 0.1) is 5.03 Å². The zero-order valence-corrected chi connectivity index (χ0v) is 13.4. The van der Waals surface area contributed by atoms with E-state index in [1.165, 1.54) is 10.5 Å². The molecule has 0 saturated heterocycles. The average molecular weight is 302 g/mol. The van der Waals surface area contributed by atoms with E-state index in [2.05, 4.69) is 11.9 Å². The summed E-state index contributed by atoms with van der Waals surface area (Å²) in [7, 11) is -3.38. The van der Waals surface area contributed by atoms with Crippen LogP contribution in [0.1, 0.15) is 33.6 Å². The minimum atomic E-state index is -3.38. The highest BCUT2D eigenvalue weighted by atomic mass is 32.2. The van der Waals surface area contributed by atoms with Crippen molar-refractivity contribution < 1.29 is 8.42 Å². The lowest BCUT2D eigenvalue weighted by molar-refractivity contribution is 0.445. The van der Waals surface area contributed by atoms with Gasteiger partial charge in [-0.3, -0.25) is 0 Å². The summed E-state index contributed by atoms with van der Waals surface area (Å²) in [5.74, 6) is 1.02. The molecule has 1 heterocycles. The Morgan fingerprint density at radius 2 is 1.89 bits per heavy atom. The maximum Gasteiger partial charge on any atom is 0.244 e. The number of hydrogen-bond acceptors (Lipinski definition) is 4. The molecule has 0 amide bonds. The monoisotopic (exact) mass is 302 g/mol. The van der Waals surface area contributed by atoms with E-state index >= 15 is 0 Å². The molecule has 0 saturated carbocycles. The second kappa shape index (κ2) is 7.87. The van der Waals surface area contributed by atoms with E-state index in [0.717, 1.165) is 23.6 Å². The molecule has 0 N–H and O–H groups in total. The summed E-state index contributed by atoms with van der Waals surface area (Å²) < 4.78 is 25.9. The number of unbranched alkanes of at least 4 members (excludes halogenated alkanes) is 1. The first-order valence-electron chi connectivity index (χ1n) is 6.65. The standard InChI is InChI=1S/C13H22N2O2S2/c1-4-7-10-18-13-9-8-12(11-14-13)19(16,17)15(5-2)6-3/h8-9,11H,4-7,10H2,1-3H3. The van der Waals surface area contributed by atoms with Crippen molar-refractivity contribution in [1.82, 2.24) is 9.29 Å². The molecule has 0 unspecified atom stereocenters. The van der Waals surface area contributed by atoms with E-state index in [9.17, 15) is 8.42 Å². The van der Waals surface area contributed by atoms with E-state index in [0.29, 0.717) is 13.1 Å². The third-order valence-electron chi connectivity index (χ3n) is 2.80. The molecule has 6 heteroatoms. The van der Waals surface area contributed by atoms with Crippen molar-refractivity contribution in [3.05, 3.63) is 18.3 Å². The van der Waals surface area contributed by atoms with E-state index in [1.54, 1.807) is 23.9 Å². The van der Waals surface area contributed by atoms with Gasteiger partial charge in [0.25, 0.3) is 0 Å². The highest BCUT2D eigenvalue weighted by Crippen LogP contribution is 2.20. The second-order valence-corrected chi connectivity index (χ2v) is 7.18. The number of thioether (sulfide) groups is 1. The zero-order valence-electron chi connectivity index (χ0n) is 11.8. The first kappa shape index (κ1) is 16.5. The fourth-order valence-corrected chi connectivity index (χ4v) is 3.98. The molecule has 0 atom stereocenters. The van der Waals surface area contributed by atoms with Crippen molar-refractivity contribution in [2.24, 2.45) is 0 Å². The van der Waals surface area contributed by atoms with Crippen molar-refractivity contribution in [3.63, 3.8) is 0 Å². The molecule has 1 aromatic rings. The highest BCUT2D eigenvalue weighted by Gasteiger charge is 2.21. The lowest BCUT2D eigenvalue weighted by atomic mass is 10.4. The highest BCUT2D eigenvalue weighted by molar-refractivity contribution is 7.99. The molecule has 0 aliphatic carbocycles. The summed E-state index contributed by atoms with van der Waals surface area (Å²) in [6, 6.07) is 3.44. The molecule has 0 bridgehead atoms. The maximum atomic E-state index is 12.2. The Bertz CT molecular complexity index is 468. The molecule has 0 radical (unpaired) electrons. The van der Waals surface area contributed by atoms with Gasteiger partial charge < -0.3 is 0 Å². The first-order chi connectivity index (χ1) is 9.06. The molecule has 108 valence electrons. The van der Waals surface area contributed by atoms with Crippen molar-refractivity contribution in [2.45, 2.75) is 43.5 Å². The van der Waals surface area contributed by atoms with Crippen molar-refractivity contribution in [2.75, 3.05) is 18.8 Å². The van der Waals surface area contributed by atoms with Crippen LogP contribution < -0.4 is 0 Å². The topological polar surface area (TPSA) is 50.3 Å². The fourth-order valence-electron chi connectivity index (χ4n) is 1.64. The van der Waals surface area contributed by atoms with Gasteiger partial charge in [0.1, 0.15) is 4.90 Å². The molecule has 4 nitrogen and oxygen atoms in total. The zero-order chi connectivity index (χ0) is 14.3. The van der Waals surface area contributed by atoms with Crippen LogP contribution in [-0.2, 0) is 10.0 Å². The summed E-state index contributed by atoms with van der Waals surface area (Å²) >= 11 is 1.66. The predicted molar refractivity (Wildman–Crippen MR) is 80.0 cm³/mol. The van der Waals surface area contributed by atoms with E-state index in [-0.39, 0.29) is 4.90 Å². The number of nitrogens with zero attached hydrogens (tertiary/aromatic N) is 2. The Labute approximate surface area is 120 Å². The van der Waals surface area contributed by atoms with Gasteiger partial charge in [-0.15, -0.1) is 11.8 Å². The molecule has 1 aromatic heterocycles. The minimum absolute atomic E-state index is 0.274. The van der Waals surface area contributed by atoms with Crippen molar-refractivity contribution in [3.8, 4) is 0 Å². The van der Waals surface area contributed by atoms with Crippen molar-refractivity contribution in [1.29, 1.82) is 0 Å². The van der Waals surface area contributed by atoms with Crippen LogP contribution in [0.25, 0.3) is 0 Å². The molecular weight excluding hydrogens is 280 g/mol. The number of pyridine rings is 1. The molecule has 19 heavy (non-hydrogen) atoms. The third-order valence-corrected chi connectivity index (χ3v) is 5.86. The van der Waals surface area contributed by atoms with Crippen LogP contribution in [0.2, 0.25) is 0 Å². The van der Waals surface area contributed by atoms with Gasteiger partial charge in [-0.2, -0.15) is 4.31 Å². The number of sulfonamides is 1. The Kier molecular flexibility index (Phi) is 6.82. The Morgan fingerprint density at radius 3 is 2.37 bits per heavy atom. The molecular formula is C13H22N2O2S2. The van der Waals surface area contributed by atoms with Gasteiger partial charge in [-0.25, -0.2) is 13.4 Å². The normalized spacial score (nSPS) is 12.0. The third kappa shape index (κ3) is 4.47. The smallest absolute Gasteiger partial charge is 0.244 e. The largest absolute Gasteiger partial charge is 0.249 e. The van der Waals surface area contributed by atoms with Gasteiger partial charge in [0.15, 0.2) is 0 Å². The Hall–Kier alpha value is -0.590. The van der Waals surface area contributed by atoms with Crippen LogP contribution in [0.5, 0.6) is 0 Å². The summed E-state index contributed by atoms with van der Waals surface area (Å²) in [6.07, 6.45) is 3.76. The average Bonchev–Trinajstić information content (AvgIpc) is 2.41. The SMILES string of the molecule is CCCCSc1ccc(S(=O)(=O)N(CC)CC)cn1. The summed E-state index contributed by atoms with van der Waals surface area (Å²) in [5.41, 5.74) is 0. The number of rotatable bonds is 8.